The number of ether oxygens (including phenoxy) is 1. The summed E-state index contributed by atoms with van der Waals surface area (Å²) < 4.78 is 8.51. The molecule has 162 valence electrons. The van der Waals surface area contributed by atoms with E-state index < -0.39 is 5.41 Å². The van der Waals surface area contributed by atoms with Gasteiger partial charge < -0.3 is 10.1 Å². The molecule has 0 aliphatic heterocycles. The number of imidazole rings is 1. The van der Waals surface area contributed by atoms with Gasteiger partial charge in [-0.05, 0) is 62.2 Å². The van der Waals surface area contributed by atoms with Crippen molar-refractivity contribution < 1.29 is 4.74 Å². The van der Waals surface area contributed by atoms with Gasteiger partial charge in [-0.3, -0.25) is 9.13 Å². The van der Waals surface area contributed by atoms with Gasteiger partial charge in [0.25, 0.3) is 0 Å². The zero-order valence-corrected chi connectivity index (χ0v) is 18.8. The standard InChI is InChI=1S/C25H25N5O2/c1-16-12-19(32-5)10-11-20(16)28-23-13-21-22(14-27-23)29(4)24(31)30(21)18-8-6-17(7-9-18)25(2,3)15-26/h6-14H,1-5H3,(H,27,28). The lowest BCUT2D eigenvalue weighted by Crippen LogP contribution is -2.21. The molecule has 7 nitrogen and oxygen atoms in total. The van der Waals surface area contributed by atoms with Gasteiger partial charge in [0.15, 0.2) is 0 Å². The van der Waals surface area contributed by atoms with E-state index in [2.05, 4.69) is 16.4 Å². The third-order valence-corrected chi connectivity index (χ3v) is 5.77. The van der Waals surface area contributed by atoms with Crippen LogP contribution in [0.2, 0.25) is 0 Å². The van der Waals surface area contributed by atoms with Crippen molar-refractivity contribution in [3.8, 4) is 17.5 Å². The van der Waals surface area contributed by atoms with Crippen LogP contribution < -0.4 is 15.7 Å². The van der Waals surface area contributed by atoms with Crippen molar-refractivity contribution >= 4 is 22.5 Å². The van der Waals surface area contributed by atoms with Crippen molar-refractivity contribution in [1.29, 1.82) is 5.26 Å². The lowest BCUT2D eigenvalue weighted by atomic mass is 9.86. The largest absolute Gasteiger partial charge is 0.497 e. The fourth-order valence-electron chi connectivity index (χ4n) is 3.68. The second kappa shape index (κ2) is 7.89. The summed E-state index contributed by atoms with van der Waals surface area (Å²) in [5.74, 6) is 1.42. The van der Waals surface area contributed by atoms with Crippen molar-refractivity contribution in [2.24, 2.45) is 7.05 Å². The normalized spacial score (nSPS) is 11.4. The van der Waals surface area contributed by atoms with E-state index in [1.54, 1.807) is 29.5 Å². The minimum atomic E-state index is -0.598. The molecule has 0 bridgehead atoms. The molecular weight excluding hydrogens is 402 g/mol. The third kappa shape index (κ3) is 3.60. The maximum atomic E-state index is 13.0. The second-order valence-electron chi connectivity index (χ2n) is 8.32. The van der Waals surface area contributed by atoms with Crippen LogP contribution in [0.25, 0.3) is 16.7 Å². The summed E-state index contributed by atoms with van der Waals surface area (Å²) in [6.07, 6.45) is 1.70. The molecule has 0 radical (unpaired) electrons. The van der Waals surface area contributed by atoms with Gasteiger partial charge in [-0.15, -0.1) is 0 Å². The maximum Gasteiger partial charge on any atom is 0.333 e. The molecule has 4 rings (SSSR count). The highest BCUT2D eigenvalue weighted by molar-refractivity contribution is 5.81. The highest BCUT2D eigenvalue weighted by Gasteiger charge is 2.20. The highest BCUT2D eigenvalue weighted by Crippen LogP contribution is 2.27. The zero-order chi connectivity index (χ0) is 23.0. The van der Waals surface area contributed by atoms with Crippen LogP contribution in [0.3, 0.4) is 0 Å². The Morgan fingerprint density at radius 2 is 1.81 bits per heavy atom. The predicted molar refractivity (Wildman–Crippen MR) is 126 cm³/mol. The number of aromatic nitrogens is 3. The van der Waals surface area contributed by atoms with Crippen LogP contribution in [-0.4, -0.2) is 21.2 Å². The molecule has 4 aromatic rings. The number of pyridine rings is 1. The number of anilines is 2. The molecule has 32 heavy (non-hydrogen) atoms. The first-order valence-electron chi connectivity index (χ1n) is 10.3. The fourth-order valence-corrected chi connectivity index (χ4v) is 3.68. The number of hydrogen-bond acceptors (Lipinski definition) is 5. The van der Waals surface area contributed by atoms with Crippen LogP contribution in [0.5, 0.6) is 5.75 Å². The number of nitrogens with one attached hydrogen (secondary N) is 1. The Balaban J connectivity index is 1.78. The molecule has 0 aliphatic carbocycles. The summed E-state index contributed by atoms with van der Waals surface area (Å²) in [6.45, 7) is 5.74. The molecule has 0 aliphatic rings. The molecule has 2 aromatic heterocycles. The summed E-state index contributed by atoms with van der Waals surface area (Å²) in [4.78, 5) is 17.5. The van der Waals surface area contributed by atoms with E-state index in [1.165, 1.54) is 0 Å². The fraction of sp³-hybridized carbons (Fsp3) is 0.240. The predicted octanol–water partition coefficient (Wildman–Crippen LogP) is 4.59. The summed E-state index contributed by atoms with van der Waals surface area (Å²) in [5.41, 5.74) is 4.28. The smallest absolute Gasteiger partial charge is 0.333 e. The molecule has 0 atom stereocenters. The number of hydrogen-bond donors (Lipinski definition) is 1. The van der Waals surface area contributed by atoms with Crippen molar-refractivity contribution in [1.82, 2.24) is 14.1 Å². The maximum absolute atomic E-state index is 13.0. The van der Waals surface area contributed by atoms with Gasteiger partial charge in [0.05, 0.1) is 41.5 Å². The first-order valence-corrected chi connectivity index (χ1v) is 10.3. The minimum absolute atomic E-state index is 0.160. The number of rotatable bonds is 5. The SMILES string of the molecule is COc1ccc(Nc2cc3c(cn2)n(C)c(=O)n3-c2ccc(C(C)(C)C#N)cc2)c(C)c1. The van der Waals surface area contributed by atoms with E-state index in [-0.39, 0.29) is 5.69 Å². The van der Waals surface area contributed by atoms with Gasteiger partial charge >= 0.3 is 5.69 Å². The molecule has 2 heterocycles. The molecule has 0 unspecified atom stereocenters. The Morgan fingerprint density at radius 1 is 1.09 bits per heavy atom. The minimum Gasteiger partial charge on any atom is -0.497 e. The molecule has 0 amide bonds. The van der Waals surface area contributed by atoms with Gasteiger partial charge in [0.2, 0.25) is 0 Å². The molecule has 0 saturated carbocycles. The quantitative estimate of drug-likeness (QED) is 0.504. The number of nitriles is 1. The van der Waals surface area contributed by atoms with E-state index in [0.29, 0.717) is 5.82 Å². The number of fused-ring (bicyclic) bond motifs is 1. The number of nitrogens with zero attached hydrogens (tertiary/aromatic N) is 4. The van der Waals surface area contributed by atoms with E-state index >= 15 is 0 Å². The van der Waals surface area contributed by atoms with Crippen molar-refractivity contribution in [2.75, 3.05) is 12.4 Å². The van der Waals surface area contributed by atoms with E-state index in [9.17, 15) is 10.1 Å². The Bertz CT molecular complexity index is 1410. The molecule has 7 heteroatoms. The van der Waals surface area contributed by atoms with E-state index in [0.717, 1.165) is 39.3 Å². The highest BCUT2D eigenvalue weighted by atomic mass is 16.5. The third-order valence-electron chi connectivity index (χ3n) is 5.77. The van der Waals surface area contributed by atoms with E-state index in [1.807, 2.05) is 69.3 Å². The van der Waals surface area contributed by atoms with Crippen LogP contribution in [0.15, 0.2) is 59.5 Å². The van der Waals surface area contributed by atoms with Gasteiger partial charge in [-0.2, -0.15) is 5.26 Å². The Kier molecular flexibility index (Phi) is 5.23. The number of aryl methyl sites for hydroxylation is 2. The molecule has 0 fully saturated rings. The van der Waals surface area contributed by atoms with Crippen molar-refractivity contribution in [3.05, 3.63) is 76.3 Å². The van der Waals surface area contributed by atoms with E-state index in [4.69, 9.17) is 4.74 Å². The lowest BCUT2D eigenvalue weighted by molar-refractivity contribution is 0.414. The zero-order valence-electron chi connectivity index (χ0n) is 18.8. The van der Waals surface area contributed by atoms with Crippen molar-refractivity contribution in [3.63, 3.8) is 0 Å². The van der Waals surface area contributed by atoms with Crippen LogP contribution in [-0.2, 0) is 12.5 Å². The van der Waals surface area contributed by atoms with Crippen LogP contribution in [0, 0.1) is 18.3 Å². The van der Waals surface area contributed by atoms with Gasteiger partial charge in [0.1, 0.15) is 11.6 Å². The topological polar surface area (TPSA) is 84.9 Å². The second-order valence-corrected chi connectivity index (χ2v) is 8.32. The summed E-state index contributed by atoms with van der Waals surface area (Å²) in [6, 6.07) is 17.5. The molecular formula is C25H25N5O2. The monoisotopic (exact) mass is 427 g/mol. The van der Waals surface area contributed by atoms with Crippen molar-refractivity contribution in [2.45, 2.75) is 26.2 Å². The summed E-state index contributed by atoms with van der Waals surface area (Å²) >= 11 is 0. The van der Waals surface area contributed by atoms with Gasteiger partial charge in [-0.1, -0.05) is 12.1 Å². The Hall–Kier alpha value is -4.05. The van der Waals surface area contributed by atoms with Crippen LogP contribution >= 0.6 is 0 Å². The average Bonchev–Trinajstić information content (AvgIpc) is 3.04. The molecule has 2 aromatic carbocycles. The van der Waals surface area contributed by atoms with Crippen LogP contribution in [0.1, 0.15) is 25.0 Å². The first-order chi connectivity index (χ1) is 15.2. The van der Waals surface area contributed by atoms with Gasteiger partial charge in [-0.25, -0.2) is 9.78 Å². The Morgan fingerprint density at radius 3 is 2.44 bits per heavy atom. The van der Waals surface area contributed by atoms with Crippen LogP contribution in [0.4, 0.5) is 11.5 Å². The Labute approximate surface area is 186 Å². The average molecular weight is 428 g/mol. The molecule has 0 saturated heterocycles. The molecule has 1 N–H and O–H groups in total. The molecule has 0 spiro atoms. The summed E-state index contributed by atoms with van der Waals surface area (Å²) in [5, 5.41) is 12.7. The number of methoxy groups -OCH3 is 1. The summed E-state index contributed by atoms with van der Waals surface area (Å²) in [7, 11) is 3.37. The van der Waals surface area contributed by atoms with Gasteiger partial charge in [0, 0.05) is 18.8 Å². The first kappa shape index (κ1) is 21.2. The number of benzene rings is 2. The lowest BCUT2D eigenvalue weighted by Gasteiger charge is -2.16.